The molecule has 0 fully saturated rings. The van der Waals surface area contributed by atoms with Crippen LogP contribution in [0, 0.1) is 0 Å². The quantitative estimate of drug-likeness (QED) is 0.789. The van der Waals surface area contributed by atoms with E-state index in [2.05, 4.69) is 24.0 Å². The number of amides is 1. The minimum absolute atomic E-state index is 0.138. The van der Waals surface area contributed by atoms with E-state index in [-0.39, 0.29) is 16.2 Å². The number of halogens is 2. The van der Waals surface area contributed by atoms with E-state index >= 15 is 0 Å². The molecule has 3 nitrogen and oxygen atoms in total. The molecular formula is C16H16Cl2N2O. The summed E-state index contributed by atoms with van der Waals surface area (Å²) in [6.45, 7) is 2.64. The number of carbonyl (C=O) groups excluding carboxylic acids is 1. The van der Waals surface area contributed by atoms with Crippen molar-refractivity contribution in [2.45, 2.75) is 19.9 Å². The van der Waals surface area contributed by atoms with Crippen molar-refractivity contribution in [3.8, 4) is 0 Å². The van der Waals surface area contributed by atoms with Gasteiger partial charge >= 0.3 is 0 Å². The first kappa shape index (κ1) is 15.8. The van der Waals surface area contributed by atoms with Gasteiger partial charge in [0.2, 0.25) is 0 Å². The molecule has 110 valence electrons. The minimum Gasteiger partial charge on any atom is -0.337 e. The molecule has 0 radical (unpaired) electrons. The van der Waals surface area contributed by atoms with Crippen LogP contribution >= 0.6 is 23.2 Å². The second kappa shape index (κ2) is 6.92. The minimum atomic E-state index is -0.138. The summed E-state index contributed by atoms with van der Waals surface area (Å²) in [6, 6.07) is 11.3. The normalized spacial score (nSPS) is 10.5. The number of hydrogen-bond donors (Lipinski definition) is 0. The molecule has 1 aromatic carbocycles. The van der Waals surface area contributed by atoms with Crippen molar-refractivity contribution in [1.29, 1.82) is 0 Å². The highest BCUT2D eigenvalue weighted by Gasteiger charge is 2.14. The maximum Gasteiger partial charge on any atom is 0.254 e. The fourth-order valence-corrected chi connectivity index (χ4v) is 2.50. The van der Waals surface area contributed by atoms with E-state index in [1.54, 1.807) is 11.9 Å². The lowest BCUT2D eigenvalue weighted by Gasteiger charge is -2.17. The molecule has 0 atom stereocenters. The number of aryl methyl sites for hydroxylation is 1. The van der Waals surface area contributed by atoms with Crippen molar-refractivity contribution in [2.24, 2.45) is 0 Å². The van der Waals surface area contributed by atoms with Gasteiger partial charge in [0.15, 0.2) is 0 Å². The average molecular weight is 323 g/mol. The van der Waals surface area contributed by atoms with Crippen LogP contribution in [0.5, 0.6) is 0 Å². The van der Waals surface area contributed by atoms with Gasteiger partial charge in [0.1, 0.15) is 10.3 Å². The molecule has 0 bridgehead atoms. The first-order valence-corrected chi connectivity index (χ1v) is 7.41. The highest BCUT2D eigenvalue weighted by molar-refractivity contribution is 6.33. The van der Waals surface area contributed by atoms with Gasteiger partial charge in [-0.3, -0.25) is 4.79 Å². The van der Waals surface area contributed by atoms with Crippen LogP contribution in [0.1, 0.15) is 28.4 Å². The molecule has 0 saturated carbocycles. The van der Waals surface area contributed by atoms with Crippen LogP contribution in [0.15, 0.2) is 36.4 Å². The standard InChI is InChI=1S/C16H16Cl2N2O/c1-3-11-4-6-12(7-5-11)10-20(2)16(21)13-8-14(17)19-15(18)9-13/h4-9H,3,10H2,1-2H3. The van der Waals surface area contributed by atoms with E-state index < -0.39 is 0 Å². The Labute approximate surface area is 134 Å². The predicted molar refractivity (Wildman–Crippen MR) is 85.9 cm³/mol. The van der Waals surface area contributed by atoms with E-state index in [4.69, 9.17) is 23.2 Å². The molecule has 1 aromatic heterocycles. The molecule has 2 aromatic rings. The topological polar surface area (TPSA) is 33.2 Å². The Kier molecular flexibility index (Phi) is 5.21. The van der Waals surface area contributed by atoms with Gasteiger partial charge in [0.05, 0.1) is 0 Å². The lowest BCUT2D eigenvalue weighted by atomic mass is 10.1. The molecule has 0 N–H and O–H groups in total. The largest absolute Gasteiger partial charge is 0.337 e. The Balaban J connectivity index is 2.11. The van der Waals surface area contributed by atoms with Gasteiger partial charge in [-0.05, 0) is 29.7 Å². The lowest BCUT2D eigenvalue weighted by Crippen LogP contribution is -2.26. The van der Waals surface area contributed by atoms with Crippen LogP contribution in [0.25, 0.3) is 0 Å². The number of pyridine rings is 1. The Morgan fingerprint density at radius 3 is 2.14 bits per heavy atom. The van der Waals surface area contributed by atoms with Crippen molar-refractivity contribution in [3.05, 3.63) is 63.4 Å². The first-order chi connectivity index (χ1) is 9.99. The zero-order valence-electron chi connectivity index (χ0n) is 11.9. The van der Waals surface area contributed by atoms with Crippen LogP contribution in [0.3, 0.4) is 0 Å². The predicted octanol–water partition coefficient (Wildman–Crippen LogP) is 4.22. The Morgan fingerprint density at radius 1 is 1.10 bits per heavy atom. The van der Waals surface area contributed by atoms with E-state index in [9.17, 15) is 4.79 Å². The van der Waals surface area contributed by atoms with Crippen LogP contribution in [0.2, 0.25) is 10.3 Å². The summed E-state index contributed by atoms with van der Waals surface area (Å²) >= 11 is 11.7. The number of carbonyl (C=O) groups is 1. The second-order valence-electron chi connectivity index (χ2n) is 4.83. The monoisotopic (exact) mass is 322 g/mol. The van der Waals surface area contributed by atoms with Crippen LogP contribution in [-0.2, 0) is 13.0 Å². The van der Waals surface area contributed by atoms with Gasteiger partial charge in [-0.25, -0.2) is 4.98 Å². The SMILES string of the molecule is CCc1ccc(CN(C)C(=O)c2cc(Cl)nc(Cl)c2)cc1. The smallest absolute Gasteiger partial charge is 0.254 e. The highest BCUT2D eigenvalue weighted by Crippen LogP contribution is 2.17. The fraction of sp³-hybridized carbons (Fsp3) is 0.250. The van der Waals surface area contributed by atoms with Crippen molar-refractivity contribution in [1.82, 2.24) is 9.88 Å². The summed E-state index contributed by atoms with van der Waals surface area (Å²) in [5, 5.41) is 0.429. The van der Waals surface area contributed by atoms with Gasteiger partial charge in [-0.1, -0.05) is 54.4 Å². The van der Waals surface area contributed by atoms with Crippen LogP contribution in [-0.4, -0.2) is 22.8 Å². The van der Waals surface area contributed by atoms with Crippen molar-refractivity contribution >= 4 is 29.1 Å². The molecule has 0 aliphatic rings. The second-order valence-corrected chi connectivity index (χ2v) is 5.61. The summed E-state index contributed by atoms with van der Waals surface area (Å²) in [4.78, 5) is 17.8. The third-order valence-corrected chi connectivity index (χ3v) is 3.59. The molecule has 0 spiro atoms. The Bertz CT molecular complexity index is 621. The van der Waals surface area contributed by atoms with Crippen molar-refractivity contribution < 1.29 is 4.79 Å². The fourth-order valence-electron chi connectivity index (χ4n) is 2.03. The number of rotatable bonds is 4. The Hall–Kier alpha value is -1.58. The third-order valence-electron chi connectivity index (χ3n) is 3.21. The first-order valence-electron chi connectivity index (χ1n) is 6.66. The van der Waals surface area contributed by atoms with E-state index in [1.807, 2.05) is 12.1 Å². The number of benzene rings is 1. The maximum absolute atomic E-state index is 12.4. The van der Waals surface area contributed by atoms with Crippen LogP contribution in [0.4, 0.5) is 0 Å². The van der Waals surface area contributed by atoms with Crippen LogP contribution < -0.4 is 0 Å². The van der Waals surface area contributed by atoms with E-state index in [1.165, 1.54) is 17.7 Å². The molecule has 21 heavy (non-hydrogen) atoms. The zero-order chi connectivity index (χ0) is 15.4. The molecule has 5 heteroatoms. The van der Waals surface area contributed by atoms with Gasteiger partial charge in [-0.2, -0.15) is 0 Å². The molecular weight excluding hydrogens is 307 g/mol. The molecule has 0 aliphatic heterocycles. The van der Waals surface area contributed by atoms with Crippen molar-refractivity contribution in [2.75, 3.05) is 7.05 Å². The third kappa shape index (κ3) is 4.19. The number of aromatic nitrogens is 1. The summed E-state index contributed by atoms with van der Waals surface area (Å²) < 4.78 is 0. The number of nitrogens with zero attached hydrogens (tertiary/aromatic N) is 2. The molecule has 0 aliphatic carbocycles. The molecule has 1 heterocycles. The highest BCUT2D eigenvalue weighted by atomic mass is 35.5. The van der Waals surface area contributed by atoms with Gasteiger partial charge in [0.25, 0.3) is 5.91 Å². The molecule has 2 rings (SSSR count). The summed E-state index contributed by atoms with van der Waals surface area (Å²) in [5.74, 6) is -0.138. The zero-order valence-corrected chi connectivity index (χ0v) is 13.4. The lowest BCUT2D eigenvalue weighted by molar-refractivity contribution is 0.0785. The summed E-state index contributed by atoms with van der Waals surface area (Å²) in [7, 11) is 1.75. The van der Waals surface area contributed by atoms with Gasteiger partial charge in [-0.15, -0.1) is 0 Å². The number of hydrogen-bond acceptors (Lipinski definition) is 2. The van der Waals surface area contributed by atoms with E-state index in [0.717, 1.165) is 12.0 Å². The summed E-state index contributed by atoms with van der Waals surface area (Å²) in [5.41, 5.74) is 2.79. The average Bonchev–Trinajstić information content (AvgIpc) is 2.46. The Morgan fingerprint density at radius 2 is 1.62 bits per heavy atom. The van der Waals surface area contributed by atoms with Crippen molar-refractivity contribution in [3.63, 3.8) is 0 Å². The van der Waals surface area contributed by atoms with Gasteiger partial charge in [0, 0.05) is 19.2 Å². The molecule has 0 unspecified atom stereocenters. The summed E-state index contributed by atoms with van der Waals surface area (Å²) in [6.07, 6.45) is 1.00. The van der Waals surface area contributed by atoms with Gasteiger partial charge < -0.3 is 4.90 Å². The molecule has 1 amide bonds. The maximum atomic E-state index is 12.4. The van der Waals surface area contributed by atoms with E-state index in [0.29, 0.717) is 12.1 Å². The molecule has 0 saturated heterocycles.